The predicted molar refractivity (Wildman–Crippen MR) is 94.4 cm³/mol. The van der Waals surface area contributed by atoms with Crippen LogP contribution in [-0.2, 0) is 4.79 Å². The Morgan fingerprint density at radius 2 is 1.67 bits per heavy atom. The van der Waals surface area contributed by atoms with Gasteiger partial charge in [-0.2, -0.15) is 0 Å². The molecule has 0 aromatic heterocycles. The molecule has 0 aliphatic carbocycles. The number of amides is 2. The van der Waals surface area contributed by atoms with Crippen LogP contribution in [0.5, 0.6) is 5.75 Å². The van der Waals surface area contributed by atoms with Gasteiger partial charge < -0.3 is 15.0 Å². The van der Waals surface area contributed by atoms with Crippen LogP contribution in [0.15, 0.2) is 48.5 Å². The molecule has 24 heavy (non-hydrogen) atoms. The molecular formula is C19H22N2O3. The molecule has 0 aliphatic rings. The molecule has 1 unspecified atom stereocenters. The molecular weight excluding hydrogens is 304 g/mol. The summed E-state index contributed by atoms with van der Waals surface area (Å²) in [4.78, 5) is 25.6. The number of nitrogens with zero attached hydrogens (tertiary/aromatic N) is 1. The number of carbonyl (C=O) groups is 2. The number of ether oxygens (including phenoxy) is 1. The third-order valence-corrected chi connectivity index (χ3v) is 3.57. The van der Waals surface area contributed by atoms with Crippen molar-refractivity contribution in [3.05, 3.63) is 59.7 Å². The Morgan fingerprint density at radius 1 is 1.04 bits per heavy atom. The number of rotatable bonds is 5. The van der Waals surface area contributed by atoms with Crippen molar-refractivity contribution in [2.75, 3.05) is 19.4 Å². The van der Waals surface area contributed by atoms with Gasteiger partial charge in [-0.15, -0.1) is 0 Å². The average molecular weight is 326 g/mol. The minimum atomic E-state index is -0.630. The molecule has 2 aromatic carbocycles. The zero-order chi connectivity index (χ0) is 17.7. The zero-order valence-corrected chi connectivity index (χ0v) is 14.4. The van der Waals surface area contributed by atoms with E-state index in [1.807, 2.05) is 31.2 Å². The van der Waals surface area contributed by atoms with Gasteiger partial charge in [0.05, 0.1) is 0 Å². The monoisotopic (exact) mass is 326 g/mol. The van der Waals surface area contributed by atoms with Crippen molar-refractivity contribution >= 4 is 17.5 Å². The Hall–Kier alpha value is -2.82. The lowest BCUT2D eigenvalue weighted by Crippen LogP contribution is -2.30. The second-order valence-corrected chi connectivity index (χ2v) is 5.79. The van der Waals surface area contributed by atoms with Gasteiger partial charge in [0.25, 0.3) is 11.8 Å². The molecule has 1 N–H and O–H groups in total. The predicted octanol–water partition coefficient (Wildman–Crippen LogP) is 3.10. The molecule has 0 saturated carbocycles. The number of hydrogen-bond acceptors (Lipinski definition) is 3. The topological polar surface area (TPSA) is 58.6 Å². The first-order valence-corrected chi connectivity index (χ1v) is 7.73. The first-order chi connectivity index (χ1) is 11.4. The second kappa shape index (κ2) is 7.64. The van der Waals surface area contributed by atoms with Crippen LogP contribution in [0, 0.1) is 6.92 Å². The quantitative estimate of drug-likeness (QED) is 0.918. The summed E-state index contributed by atoms with van der Waals surface area (Å²) in [6, 6.07) is 14.3. The molecule has 0 fully saturated rings. The molecule has 5 nitrogen and oxygen atoms in total. The summed E-state index contributed by atoms with van der Waals surface area (Å²) in [5, 5.41) is 2.79. The number of benzene rings is 2. The molecule has 2 aromatic rings. The highest BCUT2D eigenvalue weighted by atomic mass is 16.5. The maximum absolute atomic E-state index is 12.2. The number of anilines is 1. The molecule has 0 aliphatic heterocycles. The van der Waals surface area contributed by atoms with Gasteiger partial charge in [0, 0.05) is 25.3 Å². The maximum Gasteiger partial charge on any atom is 0.265 e. The van der Waals surface area contributed by atoms with Crippen LogP contribution in [0.1, 0.15) is 22.8 Å². The molecule has 0 saturated heterocycles. The van der Waals surface area contributed by atoms with E-state index in [4.69, 9.17) is 4.74 Å². The van der Waals surface area contributed by atoms with Crippen molar-refractivity contribution < 1.29 is 14.3 Å². The van der Waals surface area contributed by atoms with Gasteiger partial charge in [-0.1, -0.05) is 18.2 Å². The molecule has 0 radical (unpaired) electrons. The van der Waals surface area contributed by atoms with Crippen molar-refractivity contribution in [2.24, 2.45) is 0 Å². The van der Waals surface area contributed by atoms with Gasteiger partial charge in [-0.3, -0.25) is 9.59 Å². The van der Waals surface area contributed by atoms with Crippen molar-refractivity contribution in [1.82, 2.24) is 4.90 Å². The third kappa shape index (κ3) is 4.35. The highest BCUT2D eigenvalue weighted by Gasteiger charge is 2.16. The third-order valence-electron chi connectivity index (χ3n) is 3.57. The molecule has 0 bridgehead atoms. The van der Waals surface area contributed by atoms with Crippen LogP contribution in [0.2, 0.25) is 0 Å². The molecule has 126 valence electrons. The molecule has 1 atom stereocenters. The fraction of sp³-hybridized carbons (Fsp3) is 0.263. The summed E-state index contributed by atoms with van der Waals surface area (Å²) in [5.74, 6) is 0.362. The van der Waals surface area contributed by atoms with Crippen molar-refractivity contribution in [3.63, 3.8) is 0 Å². The fourth-order valence-corrected chi connectivity index (χ4v) is 2.13. The molecule has 0 spiro atoms. The Bertz CT molecular complexity index is 724. The van der Waals surface area contributed by atoms with Crippen molar-refractivity contribution in [1.29, 1.82) is 0 Å². The highest BCUT2D eigenvalue weighted by molar-refractivity contribution is 5.96. The summed E-state index contributed by atoms with van der Waals surface area (Å²) in [6.07, 6.45) is -0.630. The second-order valence-electron chi connectivity index (χ2n) is 5.79. The van der Waals surface area contributed by atoms with E-state index in [1.54, 1.807) is 45.3 Å². The van der Waals surface area contributed by atoms with Gasteiger partial charge in [-0.25, -0.2) is 0 Å². The SMILES string of the molecule is Cc1ccccc1OC(C)C(=O)Nc1ccc(C(=O)N(C)C)cc1. The van der Waals surface area contributed by atoms with E-state index in [0.29, 0.717) is 17.0 Å². The van der Waals surface area contributed by atoms with Gasteiger partial charge >= 0.3 is 0 Å². The van der Waals surface area contributed by atoms with Crippen molar-refractivity contribution in [3.8, 4) is 5.75 Å². The maximum atomic E-state index is 12.2. The van der Waals surface area contributed by atoms with Crippen LogP contribution in [-0.4, -0.2) is 36.9 Å². The lowest BCUT2D eigenvalue weighted by atomic mass is 10.2. The van der Waals surface area contributed by atoms with E-state index in [9.17, 15) is 9.59 Å². The molecule has 5 heteroatoms. The highest BCUT2D eigenvalue weighted by Crippen LogP contribution is 2.18. The number of hydrogen-bond donors (Lipinski definition) is 1. The Morgan fingerprint density at radius 3 is 2.25 bits per heavy atom. The van der Waals surface area contributed by atoms with E-state index in [0.717, 1.165) is 5.56 Å². The minimum Gasteiger partial charge on any atom is -0.481 e. The summed E-state index contributed by atoms with van der Waals surface area (Å²) in [7, 11) is 3.39. The van der Waals surface area contributed by atoms with Crippen LogP contribution < -0.4 is 10.1 Å². The Balaban J connectivity index is 1.99. The van der Waals surface area contributed by atoms with Gasteiger partial charge in [0.2, 0.25) is 0 Å². The Kier molecular flexibility index (Phi) is 5.58. The fourth-order valence-electron chi connectivity index (χ4n) is 2.13. The van der Waals surface area contributed by atoms with E-state index in [1.165, 1.54) is 4.90 Å². The van der Waals surface area contributed by atoms with Crippen LogP contribution in [0.3, 0.4) is 0 Å². The van der Waals surface area contributed by atoms with E-state index in [2.05, 4.69) is 5.32 Å². The standard InChI is InChI=1S/C19H22N2O3/c1-13-7-5-6-8-17(13)24-14(2)18(22)20-16-11-9-15(10-12-16)19(23)21(3)4/h5-12,14H,1-4H3,(H,20,22). The lowest BCUT2D eigenvalue weighted by molar-refractivity contribution is -0.122. The van der Waals surface area contributed by atoms with Crippen LogP contribution in [0.25, 0.3) is 0 Å². The number of nitrogens with one attached hydrogen (secondary N) is 1. The summed E-state index contributed by atoms with van der Waals surface area (Å²) in [6.45, 7) is 3.63. The molecule has 2 rings (SSSR count). The number of para-hydroxylation sites is 1. The normalized spacial score (nSPS) is 11.5. The van der Waals surface area contributed by atoms with Gasteiger partial charge in [-0.05, 0) is 49.7 Å². The smallest absolute Gasteiger partial charge is 0.265 e. The van der Waals surface area contributed by atoms with E-state index in [-0.39, 0.29) is 11.8 Å². The lowest BCUT2D eigenvalue weighted by Gasteiger charge is -2.16. The largest absolute Gasteiger partial charge is 0.481 e. The van der Waals surface area contributed by atoms with Crippen LogP contribution >= 0.6 is 0 Å². The van der Waals surface area contributed by atoms with Crippen molar-refractivity contribution in [2.45, 2.75) is 20.0 Å². The zero-order valence-electron chi connectivity index (χ0n) is 14.4. The molecule has 2 amide bonds. The Labute approximate surface area is 142 Å². The number of carbonyl (C=O) groups excluding carboxylic acids is 2. The number of aryl methyl sites for hydroxylation is 1. The van der Waals surface area contributed by atoms with Crippen LogP contribution in [0.4, 0.5) is 5.69 Å². The summed E-state index contributed by atoms with van der Waals surface area (Å²) in [5.41, 5.74) is 2.17. The molecule has 0 heterocycles. The first-order valence-electron chi connectivity index (χ1n) is 7.73. The summed E-state index contributed by atoms with van der Waals surface area (Å²) < 4.78 is 5.70. The van der Waals surface area contributed by atoms with Gasteiger partial charge in [0.1, 0.15) is 5.75 Å². The first kappa shape index (κ1) is 17.5. The van der Waals surface area contributed by atoms with E-state index >= 15 is 0 Å². The summed E-state index contributed by atoms with van der Waals surface area (Å²) >= 11 is 0. The van der Waals surface area contributed by atoms with E-state index < -0.39 is 6.10 Å². The van der Waals surface area contributed by atoms with Gasteiger partial charge in [0.15, 0.2) is 6.10 Å². The average Bonchev–Trinajstić information content (AvgIpc) is 2.56. The minimum absolute atomic E-state index is 0.0795.